The molecule has 0 spiro atoms. The fraction of sp³-hybridized carbons (Fsp3) is 0.250. The molecule has 20 heavy (non-hydrogen) atoms. The standard InChI is InChI=1S/C16H14Cl2O2/c17-14-3-1-2-11(16(14)18)9-20-12-5-6-13-10(8-12)4-7-15(13)19/h1-3,5-6,8,15,19H,4,7,9H2/t15-/m1/s1. The van der Waals surface area contributed by atoms with Gasteiger partial charge < -0.3 is 9.84 Å². The Kier molecular flexibility index (Phi) is 3.88. The van der Waals surface area contributed by atoms with E-state index in [9.17, 15) is 5.11 Å². The highest BCUT2D eigenvalue weighted by Crippen LogP contribution is 2.34. The van der Waals surface area contributed by atoms with Crippen LogP contribution in [0.1, 0.15) is 29.2 Å². The van der Waals surface area contributed by atoms with E-state index in [-0.39, 0.29) is 6.10 Å². The zero-order chi connectivity index (χ0) is 14.1. The van der Waals surface area contributed by atoms with E-state index < -0.39 is 0 Å². The van der Waals surface area contributed by atoms with Crippen molar-refractivity contribution >= 4 is 23.2 Å². The SMILES string of the molecule is O[C@@H]1CCc2cc(OCc3cccc(Cl)c3Cl)ccc21. The van der Waals surface area contributed by atoms with Gasteiger partial charge in [0.2, 0.25) is 0 Å². The Morgan fingerprint density at radius 3 is 2.90 bits per heavy atom. The first-order valence-electron chi connectivity index (χ1n) is 6.52. The van der Waals surface area contributed by atoms with Gasteiger partial charge in [-0.25, -0.2) is 0 Å². The summed E-state index contributed by atoms with van der Waals surface area (Å²) in [6.45, 7) is 0.376. The Bertz CT molecular complexity index is 640. The molecule has 4 heteroatoms. The van der Waals surface area contributed by atoms with Crippen molar-refractivity contribution in [3.63, 3.8) is 0 Å². The maximum atomic E-state index is 9.77. The molecule has 0 unspecified atom stereocenters. The molecule has 0 radical (unpaired) electrons. The average Bonchev–Trinajstić information content (AvgIpc) is 2.82. The van der Waals surface area contributed by atoms with Crippen LogP contribution in [0, 0.1) is 0 Å². The first-order chi connectivity index (χ1) is 9.65. The topological polar surface area (TPSA) is 29.5 Å². The third-order valence-corrected chi connectivity index (χ3v) is 4.44. The first kappa shape index (κ1) is 13.7. The number of fused-ring (bicyclic) bond motifs is 1. The quantitative estimate of drug-likeness (QED) is 0.901. The molecule has 0 amide bonds. The van der Waals surface area contributed by atoms with Crippen LogP contribution in [0.15, 0.2) is 36.4 Å². The fourth-order valence-electron chi connectivity index (χ4n) is 2.48. The highest BCUT2D eigenvalue weighted by atomic mass is 35.5. The number of aliphatic hydroxyl groups is 1. The van der Waals surface area contributed by atoms with Gasteiger partial charge in [0, 0.05) is 5.56 Å². The molecule has 0 saturated heterocycles. The summed E-state index contributed by atoms with van der Waals surface area (Å²) >= 11 is 12.1. The minimum atomic E-state index is -0.332. The maximum Gasteiger partial charge on any atom is 0.120 e. The Balaban J connectivity index is 1.74. The van der Waals surface area contributed by atoms with E-state index >= 15 is 0 Å². The molecule has 0 aliphatic heterocycles. The van der Waals surface area contributed by atoms with Gasteiger partial charge in [0.05, 0.1) is 16.1 Å². The Morgan fingerprint density at radius 2 is 2.05 bits per heavy atom. The second-order valence-electron chi connectivity index (χ2n) is 4.92. The van der Waals surface area contributed by atoms with Gasteiger partial charge in [0.25, 0.3) is 0 Å². The molecule has 0 fully saturated rings. The van der Waals surface area contributed by atoms with Gasteiger partial charge in [-0.15, -0.1) is 0 Å². The van der Waals surface area contributed by atoms with Crippen LogP contribution in [0.2, 0.25) is 10.0 Å². The molecule has 0 aromatic heterocycles. The van der Waals surface area contributed by atoms with Gasteiger partial charge in [0.15, 0.2) is 0 Å². The van der Waals surface area contributed by atoms with Crippen molar-refractivity contribution < 1.29 is 9.84 Å². The number of aliphatic hydroxyl groups excluding tert-OH is 1. The van der Waals surface area contributed by atoms with Crippen LogP contribution in [0.3, 0.4) is 0 Å². The van der Waals surface area contributed by atoms with Gasteiger partial charge in [0.1, 0.15) is 12.4 Å². The molecule has 0 bridgehead atoms. The number of rotatable bonds is 3. The molecule has 1 aliphatic rings. The first-order valence-corrected chi connectivity index (χ1v) is 7.27. The molecule has 2 nitrogen and oxygen atoms in total. The molecular formula is C16H14Cl2O2. The Hall–Kier alpha value is -1.22. The Morgan fingerprint density at radius 1 is 1.20 bits per heavy atom. The summed E-state index contributed by atoms with van der Waals surface area (Å²) in [6.07, 6.45) is 1.35. The molecule has 1 atom stereocenters. The number of hydrogen-bond donors (Lipinski definition) is 1. The number of hydrogen-bond acceptors (Lipinski definition) is 2. The lowest BCUT2D eigenvalue weighted by Crippen LogP contribution is -1.97. The largest absolute Gasteiger partial charge is 0.489 e. The van der Waals surface area contributed by atoms with Crippen LogP contribution in [0.5, 0.6) is 5.75 Å². The summed E-state index contributed by atoms with van der Waals surface area (Å²) in [5.74, 6) is 0.786. The molecule has 2 aromatic rings. The second-order valence-corrected chi connectivity index (χ2v) is 5.70. The number of aryl methyl sites for hydroxylation is 1. The zero-order valence-electron chi connectivity index (χ0n) is 10.8. The van der Waals surface area contributed by atoms with E-state index in [1.54, 1.807) is 6.07 Å². The predicted molar refractivity (Wildman–Crippen MR) is 80.5 cm³/mol. The summed E-state index contributed by atoms with van der Waals surface area (Å²) < 4.78 is 5.76. The normalized spacial score (nSPS) is 17.1. The van der Waals surface area contributed by atoms with Crippen molar-refractivity contribution in [1.29, 1.82) is 0 Å². The van der Waals surface area contributed by atoms with Crippen molar-refractivity contribution in [2.75, 3.05) is 0 Å². The van der Waals surface area contributed by atoms with Crippen LogP contribution in [-0.2, 0) is 13.0 Å². The highest BCUT2D eigenvalue weighted by molar-refractivity contribution is 6.42. The minimum Gasteiger partial charge on any atom is -0.489 e. The Labute approximate surface area is 127 Å². The van der Waals surface area contributed by atoms with E-state index in [1.165, 1.54) is 0 Å². The molecule has 104 valence electrons. The van der Waals surface area contributed by atoms with Crippen molar-refractivity contribution in [1.82, 2.24) is 0 Å². The van der Waals surface area contributed by atoms with Crippen molar-refractivity contribution in [2.24, 2.45) is 0 Å². The van der Waals surface area contributed by atoms with Gasteiger partial charge >= 0.3 is 0 Å². The fourth-order valence-corrected chi connectivity index (χ4v) is 2.86. The highest BCUT2D eigenvalue weighted by Gasteiger charge is 2.20. The van der Waals surface area contributed by atoms with E-state index in [0.717, 1.165) is 35.3 Å². The van der Waals surface area contributed by atoms with Gasteiger partial charge in [-0.1, -0.05) is 41.4 Å². The van der Waals surface area contributed by atoms with Crippen LogP contribution < -0.4 is 4.74 Å². The minimum absolute atomic E-state index is 0.332. The van der Waals surface area contributed by atoms with Crippen LogP contribution in [-0.4, -0.2) is 5.11 Å². The number of halogens is 2. The summed E-state index contributed by atoms with van der Waals surface area (Å²) in [5.41, 5.74) is 3.03. The number of benzene rings is 2. The van der Waals surface area contributed by atoms with Gasteiger partial charge in [-0.05, 0) is 42.2 Å². The van der Waals surface area contributed by atoms with E-state index in [1.807, 2.05) is 30.3 Å². The smallest absolute Gasteiger partial charge is 0.120 e. The molecule has 0 saturated carbocycles. The van der Waals surface area contributed by atoms with E-state index in [2.05, 4.69) is 0 Å². The second kappa shape index (κ2) is 5.65. The summed E-state index contributed by atoms with van der Waals surface area (Å²) in [7, 11) is 0. The van der Waals surface area contributed by atoms with Crippen LogP contribution in [0.25, 0.3) is 0 Å². The van der Waals surface area contributed by atoms with Crippen molar-refractivity contribution in [3.05, 3.63) is 63.1 Å². The van der Waals surface area contributed by atoms with Crippen LogP contribution in [0.4, 0.5) is 0 Å². The molecular weight excluding hydrogens is 295 g/mol. The van der Waals surface area contributed by atoms with Crippen LogP contribution >= 0.6 is 23.2 Å². The summed E-state index contributed by atoms with van der Waals surface area (Å²) in [6, 6.07) is 11.3. The van der Waals surface area contributed by atoms with Gasteiger partial charge in [-0.3, -0.25) is 0 Å². The average molecular weight is 309 g/mol. The lowest BCUT2D eigenvalue weighted by Gasteiger charge is -2.10. The summed E-state index contributed by atoms with van der Waals surface area (Å²) in [4.78, 5) is 0. The zero-order valence-corrected chi connectivity index (χ0v) is 12.3. The van der Waals surface area contributed by atoms with Crippen molar-refractivity contribution in [2.45, 2.75) is 25.6 Å². The maximum absolute atomic E-state index is 9.77. The van der Waals surface area contributed by atoms with E-state index in [4.69, 9.17) is 27.9 Å². The third kappa shape index (κ3) is 2.64. The molecule has 1 N–H and O–H groups in total. The lowest BCUT2D eigenvalue weighted by atomic mass is 10.1. The van der Waals surface area contributed by atoms with E-state index in [0.29, 0.717) is 16.7 Å². The van der Waals surface area contributed by atoms with Gasteiger partial charge in [-0.2, -0.15) is 0 Å². The number of ether oxygens (including phenoxy) is 1. The van der Waals surface area contributed by atoms with Crippen molar-refractivity contribution in [3.8, 4) is 5.75 Å². The molecule has 1 aliphatic carbocycles. The molecule has 0 heterocycles. The monoisotopic (exact) mass is 308 g/mol. The molecule has 2 aromatic carbocycles. The lowest BCUT2D eigenvalue weighted by molar-refractivity contribution is 0.180. The third-order valence-electron chi connectivity index (χ3n) is 3.59. The predicted octanol–water partition coefficient (Wildman–Crippen LogP) is 4.55. The summed E-state index contributed by atoms with van der Waals surface area (Å²) in [5, 5.41) is 10.8. The molecule has 3 rings (SSSR count).